The molecule has 0 unspecified atom stereocenters. The summed E-state index contributed by atoms with van der Waals surface area (Å²) in [6.07, 6.45) is 1.09. The van der Waals surface area contributed by atoms with Crippen LogP contribution >= 0.6 is 12.4 Å². The molecule has 3 aliphatic rings. The van der Waals surface area contributed by atoms with Gasteiger partial charge in [0.15, 0.2) is 0 Å². The van der Waals surface area contributed by atoms with Crippen LogP contribution in [0, 0.1) is 11.7 Å². The number of carbonyl (C=O) groups excluding carboxylic acids is 1. The first-order valence-electron chi connectivity index (χ1n) is 9.10. The molecule has 2 N–H and O–H groups in total. The molecular weight excluding hydrogens is 375 g/mol. The lowest BCUT2D eigenvalue weighted by atomic mass is 9.96. The van der Waals surface area contributed by atoms with Crippen LogP contribution in [0.4, 0.5) is 20.6 Å². The highest BCUT2D eigenvalue weighted by Gasteiger charge is 2.39. The quantitative estimate of drug-likeness (QED) is 0.811. The number of urea groups is 1. The molecule has 0 aliphatic carbocycles. The van der Waals surface area contributed by atoms with Crippen molar-refractivity contribution in [1.82, 2.24) is 10.2 Å². The lowest BCUT2D eigenvalue weighted by molar-refractivity contribution is -0.142. The molecule has 1 aromatic rings. The zero-order chi connectivity index (χ0) is 18.3. The van der Waals surface area contributed by atoms with Gasteiger partial charge in [-0.2, -0.15) is 0 Å². The minimum absolute atomic E-state index is 0. The van der Waals surface area contributed by atoms with Crippen LogP contribution in [0.1, 0.15) is 12.8 Å². The van der Waals surface area contributed by atoms with Crippen LogP contribution < -0.4 is 15.1 Å². The van der Waals surface area contributed by atoms with Gasteiger partial charge in [-0.3, -0.25) is 9.69 Å². The number of hydrogen-bond donors (Lipinski definition) is 2. The highest BCUT2D eigenvalue weighted by molar-refractivity contribution is 5.95. The summed E-state index contributed by atoms with van der Waals surface area (Å²) in [5.74, 6) is -1.48. The standard InChI is InChI=1S/C18H23FN4O3.ClH/c19-13-7-14(21-4-1-12(2-5-21)17(24)25)9-15(8-13)23-11-16-10-20-3-6-22(16)18(23)26;/h7-9,12,16,20H,1-6,10-11H2,(H,24,25);1H/t16-;/m0./s1. The van der Waals surface area contributed by atoms with Crippen molar-refractivity contribution in [3.63, 3.8) is 0 Å². The third-order valence-electron chi connectivity index (χ3n) is 5.61. The van der Waals surface area contributed by atoms with E-state index in [0.29, 0.717) is 50.4 Å². The van der Waals surface area contributed by atoms with E-state index in [9.17, 15) is 14.0 Å². The number of piperazine rings is 1. The van der Waals surface area contributed by atoms with E-state index in [-0.39, 0.29) is 36.2 Å². The Bertz CT molecular complexity index is 727. The first-order valence-corrected chi connectivity index (χ1v) is 9.10. The summed E-state index contributed by atoms with van der Waals surface area (Å²) in [6, 6.07) is 4.75. The molecule has 0 saturated carbocycles. The molecule has 1 aromatic carbocycles. The summed E-state index contributed by atoms with van der Waals surface area (Å²) in [4.78, 5) is 29.3. The number of halogens is 2. The second-order valence-corrected chi connectivity index (χ2v) is 7.21. The van der Waals surface area contributed by atoms with Gasteiger partial charge in [-0.1, -0.05) is 0 Å². The number of carboxylic acid groups (broad SMARTS) is 1. The van der Waals surface area contributed by atoms with E-state index < -0.39 is 5.97 Å². The summed E-state index contributed by atoms with van der Waals surface area (Å²) >= 11 is 0. The van der Waals surface area contributed by atoms with E-state index in [2.05, 4.69) is 5.32 Å². The van der Waals surface area contributed by atoms with Crippen molar-refractivity contribution in [2.24, 2.45) is 5.92 Å². The fourth-order valence-electron chi connectivity index (χ4n) is 4.12. The molecule has 0 aromatic heterocycles. The Morgan fingerprint density at radius 1 is 1.15 bits per heavy atom. The van der Waals surface area contributed by atoms with E-state index in [1.807, 2.05) is 15.9 Å². The summed E-state index contributed by atoms with van der Waals surface area (Å²) < 4.78 is 14.3. The van der Waals surface area contributed by atoms with Crippen LogP contribution in [0.3, 0.4) is 0 Å². The third kappa shape index (κ3) is 3.82. The van der Waals surface area contributed by atoms with Gasteiger partial charge in [0.05, 0.1) is 17.6 Å². The Kier molecular flexibility index (Phi) is 5.76. The molecule has 0 radical (unpaired) electrons. The Labute approximate surface area is 163 Å². The molecule has 9 heteroatoms. The molecule has 3 fully saturated rings. The van der Waals surface area contributed by atoms with Crippen LogP contribution in [0.5, 0.6) is 0 Å². The van der Waals surface area contributed by atoms with Crippen molar-refractivity contribution in [3.8, 4) is 0 Å². The molecule has 1 atom stereocenters. The van der Waals surface area contributed by atoms with Crippen molar-refractivity contribution in [2.75, 3.05) is 49.1 Å². The number of benzene rings is 1. The average molecular weight is 399 g/mol. The SMILES string of the molecule is Cl.O=C(O)C1CCN(c2cc(F)cc(N3C[C@@H]4CNCCN4C3=O)c2)CC1. The van der Waals surface area contributed by atoms with Crippen molar-refractivity contribution in [3.05, 3.63) is 24.0 Å². The lowest BCUT2D eigenvalue weighted by Gasteiger charge is -2.32. The molecule has 3 aliphatic heterocycles. The van der Waals surface area contributed by atoms with E-state index in [0.717, 1.165) is 13.1 Å². The number of nitrogens with one attached hydrogen (secondary N) is 1. The fraction of sp³-hybridized carbons (Fsp3) is 0.556. The summed E-state index contributed by atoms with van der Waals surface area (Å²) in [6.45, 7) is 3.91. The number of aliphatic carboxylic acids is 1. The maximum Gasteiger partial charge on any atom is 0.324 e. The number of carbonyl (C=O) groups is 2. The lowest BCUT2D eigenvalue weighted by Crippen LogP contribution is -2.49. The third-order valence-corrected chi connectivity index (χ3v) is 5.61. The molecule has 3 saturated heterocycles. The number of fused-ring (bicyclic) bond motifs is 1. The Balaban J connectivity index is 0.00000210. The summed E-state index contributed by atoms with van der Waals surface area (Å²) in [5, 5.41) is 12.4. The van der Waals surface area contributed by atoms with Crippen LogP contribution in [0.15, 0.2) is 18.2 Å². The van der Waals surface area contributed by atoms with Crippen molar-refractivity contribution in [2.45, 2.75) is 18.9 Å². The largest absolute Gasteiger partial charge is 0.481 e. The molecule has 7 nitrogen and oxygen atoms in total. The van der Waals surface area contributed by atoms with Gasteiger partial charge in [0.1, 0.15) is 5.82 Å². The van der Waals surface area contributed by atoms with Gasteiger partial charge < -0.3 is 20.2 Å². The van der Waals surface area contributed by atoms with Gasteiger partial charge in [-0.15, -0.1) is 12.4 Å². The molecule has 3 heterocycles. The maximum absolute atomic E-state index is 14.3. The van der Waals surface area contributed by atoms with Crippen LogP contribution in [-0.2, 0) is 4.79 Å². The van der Waals surface area contributed by atoms with Gasteiger partial charge in [0, 0.05) is 45.0 Å². The van der Waals surface area contributed by atoms with Crippen LogP contribution in [-0.4, -0.2) is 67.3 Å². The van der Waals surface area contributed by atoms with E-state index in [1.54, 1.807) is 4.90 Å². The highest BCUT2D eigenvalue weighted by atomic mass is 35.5. The number of rotatable bonds is 3. The average Bonchev–Trinajstić information content (AvgIpc) is 2.98. The number of piperidine rings is 1. The summed E-state index contributed by atoms with van der Waals surface area (Å²) in [7, 11) is 0. The Morgan fingerprint density at radius 2 is 1.85 bits per heavy atom. The molecule has 4 rings (SSSR count). The van der Waals surface area contributed by atoms with Crippen LogP contribution in [0.2, 0.25) is 0 Å². The summed E-state index contributed by atoms with van der Waals surface area (Å²) in [5.41, 5.74) is 1.28. The van der Waals surface area contributed by atoms with Gasteiger partial charge in [0.25, 0.3) is 0 Å². The number of amides is 2. The molecule has 148 valence electrons. The Hall–Kier alpha value is -2.06. The Morgan fingerprint density at radius 3 is 2.52 bits per heavy atom. The zero-order valence-corrected chi connectivity index (χ0v) is 15.8. The topological polar surface area (TPSA) is 76.1 Å². The number of carboxylic acids is 1. The molecule has 27 heavy (non-hydrogen) atoms. The maximum atomic E-state index is 14.3. The normalized spacial score (nSPS) is 23.2. The first kappa shape index (κ1) is 19.7. The van der Waals surface area contributed by atoms with E-state index >= 15 is 0 Å². The molecule has 2 amide bonds. The van der Waals surface area contributed by atoms with Gasteiger partial charge in [-0.25, -0.2) is 9.18 Å². The van der Waals surface area contributed by atoms with Crippen LogP contribution in [0.25, 0.3) is 0 Å². The zero-order valence-electron chi connectivity index (χ0n) is 14.9. The van der Waals surface area contributed by atoms with Gasteiger partial charge >= 0.3 is 12.0 Å². The predicted octanol–water partition coefficient (Wildman–Crippen LogP) is 1.76. The van der Waals surface area contributed by atoms with Gasteiger partial charge in [0.2, 0.25) is 0 Å². The second-order valence-electron chi connectivity index (χ2n) is 7.21. The number of hydrogen-bond acceptors (Lipinski definition) is 4. The predicted molar refractivity (Wildman–Crippen MR) is 102 cm³/mol. The monoisotopic (exact) mass is 398 g/mol. The van der Waals surface area contributed by atoms with E-state index in [1.165, 1.54) is 12.1 Å². The minimum Gasteiger partial charge on any atom is -0.481 e. The van der Waals surface area contributed by atoms with E-state index in [4.69, 9.17) is 5.11 Å². The minimum atomic E-state index is -0.766. The number of nitrogens with zero attached hydrogens (tertiary/aromatic N) is 3. The van der Waals surface area contributed by atoms with Crippen molar-refractivity contribution in [1.29, 1.82) is 0 Å². The fourth-order valence-corrected chi connectivity index (χ4v) is 4.12. The smallest absolute Gasteiger partial charge is 0.324 e. The van der Waals surface area contributed by atoms with Crippen molar-refractivity contribution >= 4 is 35.8 Å². The van der Waals surface area contributed by atoms with Gasteiger partial charge in [-0.05, 0) is 31.0 Å². The molecule has 0 bridgehead atoms. The number of anilines is 2. The van der Waals surface area contributed by atoms with Crippen molar-refractivity contribution < 1.29 is 19.1 Å². The molecular formula is C18H24ClFN4O3. The molecule has 0 spiro atoms. The highest BCUT2D eigenvalue weighted by Crippen LogP contribution is 2.31. The first-order chi connectivity index (χ1) is 12.5. The second kappa shape index (κ2) is 7.90.